The molecule has 1 aliphatic heterocycles. The first-order valence-electron chi connectivity index (χ1n) is 7.99. The molecule has 0 bridgehead atoms. The summed E-state index contributed by atoms with van der Waals surface area (Å²) in [6.45, 7) is 3.92. The molecule has 2 aromatic rings. The van der Waals surface area contributed by atoms with Crippen molar-refractivity contribution >= 4 is 23.4 Å². The van der Waals surface area contributed by atoms with Crippen molar-refractivity contribution in [3.63, 3.8) is 0 Å². The summed E-state index contributed by atoms with van der Waals surface area (Å²) >= 11 is 1.27. The second kappa shape index (κ2) is 8.41. The van der Waals surface area contributed by atoms with E-state index in [1.54, 1.807) is 12.1 Å². The number of hydrogen-bond donors (Lipinski definition) is 1. The first-order valence-corrected chi connectivity index (χ1v) is 8.97. The van der Waals surface area contributed by atoms with Gasteiger partial charge in [-0.2, -0.15) is 0 Å². The Balaban J connectivity index is 1.53. The van der Waals surface area contributed by atoms with Crippen LogP contribution < -0.4 is 5.32 Å². The summed E-state index contributed by atoms with van der Waals surface area (Å²) in [5, 5.41) is 11.6. The van der Waals surface area contributed by atoms with Crippen LogP contribution in [-0.4, -0.2) is 57.6 Å². The topological polar surface area (TPSA) is 72.3 Å². The van der Waals surface area contributed by atoms with E-state index >= 15 is 0 Å². The number of aromatic nitrogens is 3. The fourth-order valence-electron chi connectivity index (χ4n) is 2.45. The number of thioether (sulfide) groups is 1. The number of carbonyl (C=O) groups excluding carboxylic acids is 1. The highest BCUT2D eigenvalue weighted by Gasteiger charge is 2.16. The minimum atomic E-state index is -0.452. The second-order valence-electron chi connectivity index (χ2n) is 5.66. The van der Waals surface area contributed by atoms with Crippen LogP contribution in [0.2, 0.25) is 0 Å². The third kappa shape index (κ3) is 4.77. The number of nitrogens with one attached hydrogen (secondary N) is 1. The SMILES string of the molecule is Cn1c(CN2CCOCC2)nnc1SCC(=O)Nc1ccccc1F. The Kier molecular flexibility index (Phi) is 6.00. The average Bonchev–Trinajstić information content (AvgIpc) is 2.96. The fraction of sp³-hybridized carbons (Fsp3) is 0.438. The van der Waals surface area contributed by atoms with Crippen molar-refractivity contribution in [3.05, 3.63) is 35.9 Å². The number of hydrogen-bond acceptors (Lipinski definition) is 6. The van der Waals surface area contributed by atoms with Gasteiger partial charge >= 0.3 is 0 Å². The molecule has 1 saturated heterocycles. The van der Waals surface area contributed by atoms with Gasteiger partial charge in [-0.1, -0.05) is 23.9 Å². The summed E-state index contributed by atoms with van der Waals surface area (Å²) in [6.07, 6.45) is 0. The van der Waals surface area contributed by atoms with Crippen molar-refractivity contribution in [2.45, 2.75) is 11.7 Å². The summed E-state index contributed by atoms with van der Waals surface area (Å²) in [7, 11) is 1.88. The highest BCUT2D eigenvalue weighted by Crippen LogP contribution is 2.18. The number of morpholine rings is 1. The van der Waals surface area contributed by atoms with Gasteiger partial charge in [-0.25, -0.2) is 4.39 Å². The van der Waals surface area contributed by atoms with Gasteiger partial charge in [0.25, 0.3) is 0 Å². The van der Waals surface area contributed by atoms with E-state index < -0.39 is 5.82 Å². The Hall–Kier alpha value is -1.97. The van der Waals surface area contributed by atoms with E-state index in [2.05, 4.69) is 20.4 Å². The highest BCUT2D eigenvalue weighted by molar-refractivity contribution is 7.99. The number of ether oxygens (including phenoxy) is 1. The molecular formula is C16H20FN5O2S. The van der Waals surface area contributed by atoms with Gasteiger partial charge in [0.2, 0.25) is 5.91 Å². The summed E-state index contributed by atoms with van der Waals surface area (Å²) < 4.78 is 20.8. The van der Waals surface area contributed by atoms with Crippen LogP contribution >= 0.6 is 11.8 Å². The van der Waals surface area contributed by atoms with Crippen molar-refractivity contribution in [2.75, 3.05) is 37.4 Å². The van der Waals surface area contributed by atoms with E-state index in [4.69, 9.17) is 4.74 Å². The molecule has 1 amide bonds. The molecule has 0 spiro atoms. The number of carbonyl (C=O) groups is 1. The van der Waals surface area contributed by atoms with E-state index in [0.29, 0.717) is 11.7 Å². The largest absolute Gasteiger partial charge is 0.379 e. The van der Waals surface area contributed by atoms with E-state index in [9.17, 15) is 9.18 Å². The molecule has 0 radical (unpaired) electrons. The summed E-state index contributed by atoms with van der Waals surface area (Å²) in [6, 6.07) is 6.09. The molecule has 7 nitrogen and oxygen atoms in total. The van der Waals surface area contributed by atoms with Gasteiger partial charge in [-0.15, -0.1) is 10.2 Å². The van der Waals surface area contributed by atoms with Crippen molar-refractivity contribution in [3.8, 4) is 0 Å². The summed E-state index contributed by atoms with van der Waals surface area (Å²) in [5.41, 5.74) is 0.180. The summed E-state index contributed by atoms with van der Waals surface area (Å²) in [5.74, 6) is 0.247. The molecule has 1 aromatic carbocycles. The Labute approximate surface area is 149 Å². The van der Waals surface area contributed by atoms with Crippen LogP contribution in [0.4, 0.5) is 10.1 Å². The molecule has 9 heteroatoms. The standard InChI is InChI=1S/C16H20FN5O2S/c1-21-14(10-22-6-8-24-9-7-22)19-20-16(21)25-11-15(23)18-13-5-3-2-4-12(13)17/h2-5H,6-11H2,1H3,(H,18,23). The van der Waals surface area contributed by atoms with Gasteiger partial charge in [0.1, 0.15) is 11.6 Å². The molecule has 3 rings (SSSR count). The lowest BCUT2D eigenvalue weighted by Crippen LogP contribution is -2.36. The Morgan fingerprint density at radius 1 is 1.32 bits per heavy atom. The number of amides is 1. The Bertz CT molecular complexity index is 733. The highest BCUT2D eigenvalue weighted by atomic mass is 32.2. The number of nitrogens with zero attached hydrogens (tertiary/aromatic N) is 4. The zero-order chi connectivity index (χ0) is 17.6. The van der Waals surface area contributed by atoms with Gasteiger partial charge < -0.3 is 14.6 Å². The molecule has 0 atom stereocenters. The predicted molar refractivity (Wildman–Crippen MR) is 92.9 cm³/mol. The van der Waals surface area contributed by atoms with Crippen molar-refractivity contribution < 1.29 is 13.9 Å². The zero-order valence-electron chi connectivity index (χ0n) is 13.9. The molecule has 2 heterocycles. The molecule has 0 unspecified atom stereocenters. The maximum absolute atomic E-state index is 13.5. The zero-order valence-corrected chi connectivity index (χ0v) is 14.8. The van der Waals surface area contributed by atoms with E-state index in [-0.39, 0.29) is 17.3 Å². The van der Waals surface area contributed by atoms with Crippen molar-refractivity contribution in [2.24, 2.45) is 7.05 Å². The van der Waals surface area contributed by atoms with Crippen LogP contribution in [0.1, 0.15) is 5.82 Å². The molecule has 1 fully saturated rings. The van der Waals surface area contributed by atoms with Crippen LogP contribution in [0.25, 0.3) is 0 Å². The van der Waals surface area contributed by atoms with Crippen LogP contribution in [-0.2, 0) is 23.1 Å². The van der Waals surface area contributed by atoms with Crippen molar-refractivity contribution in [1.82, 2.24) is 19.7 Å². The molecule has 25 heavy (non-hydrogen) atoms. The first kappa shape index (κ1) is 17.8. The molecule has 0 aliphatic carbocycles. The summed E-state index contributed by atoms with van der Waals surface area (Å²) in [4.78, 5) is 14.3. The Morgan fingerprint density at radius 2 is 2.08 bits per heavy atom. The number of rotatable bonds is 6. The minimum Gasteiger partial charge on any atom is -0.379 e. The molecule has 1 aromatic heterocycles. The van der Waals surface area contributed by atoms with Gasteiger partial charge in [-0.3, -0.25) is 9.69 Å². The van der Waals surface area contributed by atoms with Gasteiger partial charge in [0.05, 0.1) is 31.2 Å². The first-order chi connectivity index (χ1) is 12.1. The lowest BCUT2D eigenvalue weighted by Gasteiger charge is -2.25. The second-order valence-corrected chi connectivity index (χ2v) is 6.61. The van der Waals surface area contributed by atoms with E-state index in [1.807, 2.05) is 11.6 Å². The number of benzene rings is 1. The van der Waals surface area contributed by atoms with Gasteiger partial charge in [0, 0.05) is 20.1 Å². The van der Waals surface area contributed by atoms with E-state index in [0.717, 1.165) is 32.1 Å². The maximum Gasteiger partial charge on any atom is 0.234 e. The lowest BCUT2D eigenvalue weighted by molar-refractivity contribution is -0.113. The smallest absolute Gasteiger partial charge is 0.234 e. The van der Waals surface area contributed by atoms with E-state index in [1.165, 1.54) is 23.9 Å². The maximum atomic E-state index is 13.5. The quantitative estimate of drug-likeness (QED) is 0.783. The fourth-order valence-corrected chi connectivity index (χ4v) is 3.18. The number of halogens is 1. The minimum absolute atomic E-state index is 0.137. The lowest BCUT2D eigenvalue weighted by atomic mass is 10.3. The molecular weight excluding hydrogens is 345 g/mol. The monoisotopic (exact) mass is 365 g/mol. The van der Waals surface area contributed by atoms with Gasteiger partial charge in [-0.05, 0) is 12.1 Å². The Morgan fingerprint density at radius 3 is 2.84 bits per heavy atom. The van der Waals surface area contributed by atoms with Crippen LogP contribution in [0.5, 0.6) is 0 Å². The van der Waals surface area contributed by atoms with Crippen LogP contribution in [0.3, 0.4) is 0 Å². The predicted octanol–water partition coefficient (Wildman–Crippen LogP) is 1.52. The van der Waals surface area contributed by atoms with Crippen LogP contribution in [0.15, 0.2) is 29.4 Å². The van der Waals surface area contributed by atoms with Crippen molar-refractivity contribution in [1.29, 1.82) is 0 Å². The number of anilines is 1. The average molecular weight is 365 g/mol. The van der Waals surface area contributed by atoms with Gasteiger partial charge in [0.15, 0.2) is 5.16 Å². The third-order valence-electron chi connectivity index (χ3n) is 3.87. The third-order valence-corrected chi connectivity index (χ3v) is 4.89. The van der Waals surface area contributed by atoms with Crippen LogP contribution in [0, 0.1) is 5.82 Å². The molecule has 0 saturated carbocycles. The molecule has 1 aliphatic rings. The molecule has 1 N–H and O–H groups in total. The molecule has 134 valence electrons. The number of para-hydroxylation sites is 1. The normalized spacial score (nSPS) is 15.3.